The minimum absolute atomic E-state index is 0.163. The molecule has 0 aliphatic rings. The number of aryl methyl sites for hydroxylation is 2. The van der Waals surface area contributed by atoms with Crippen molar-refractivity contribution in [2.75, 3.05) is 24.6 Å². The molecule has 0 atom stereocenters. The van der Waals surface area contributed by atoms with Gasteiger partial charge >= 0.3 is 0 Å². The van der Waals surface area contributed by atoms with Crippen LogP contribution in [0.2, 0.25) is 0 Å². The first-order chi connectivity index (χ1) is 9.76. The lowest BCUT2D eigenvalue weighted by atomic mass is 10.1. The molecule has 21 heavy (non-hydrogen) atoms. The summed E-state index contributed by atoms with van der Waals surface area (Å²) < 4.78 is 25.0. The molecular formula is C15H29N3O2S. The first-order valence-corrected chi connectivity index (χ1v) is 9.53. The second-order valence-electron chi connectivity index (χ2n) is 5.96. The summed E-state index contributed by atoms with van der Waals surface area (Å²) in [6, 6.07) is 0. The molecule has 6 heteroatoms. The van der Waals surface area contributed by atoms with Crippen LogP contribution in [-0.4, -0.2) is 42.8 Å². The molecule has 5 nitrogen and oxygen atoms in total. The van der Waals surface area contributed by atoms with E-state index in [0.717, 1.165) is 30.9 Å². The molecule has 0 saturated heterocycles. The molecule has 1 aromatic heterocycles. The van der Waals surface area contributed by atoms with Gasteiger partial charge in [-0.2, -0.15) is 5.10 Å². The molecule has 1 aromatic rings. The van der Waals surface area contributed by atoms with Crippen molar-refractivity contribution < 1.29 is 8.42 Å². The van der Waals surface area contributed by atoms with E-state index < -0.39 is 9.84 Å². The van der Waals surface area contributed by atoms with Crippen LogP contribution in [-0.2, 0) is 22.8 Å². The van der Waals surface area contributed by atoms with Crippen LogP contribution in [0.25, 0.3) is 0 Å². The molecule has 0 saturated carbocycles. The molecule has 0 aliphatic carbocycles. The number of nitrogens with zero attached hydrogens (tertiary/aromatic N) is 2. The van der Waals surface area contributed by atoms with Crippen LogP contribution < -0.4 is 5.32 Å². The van der Waals surface area contributed by atoms with Gasteiger partial charge in [0.15, 0.2) is 9.84 Å². The van der Waals surface area contributed by atoms with Gasteiger partial charge in [0.1, 0.15) is 0 Å². The van der Waals surface area contributed by atoms with Crippen LogP contribution in [0.1, 0.15) is 37.7 Å². The van der Waals surface area contributed by atoms with E-state index in [0.29, 0.717) is 12.5 Å². The number of hydrogen-bond acceptors (Lipinski definition) is 4. The second kappa shape index (κ2) is 7.94. The fourth-order valence-corrected chi connectivity index (χ4v) is 3.03. The van der Waals surface area contributed by atoms with Crippen LogP contribution in [0.4, 0.5) is 0 Å². The lowest BCUT2D eigenvalue weighted by molar-refractivity contribution is 0.553. The zero-order valence-corrected chi connectivity index (χ0v) is 14.8. The van der Waals surface area contributed by atoms with Crippen molar-refractivity contribution >= 4 is 9.84 Å². The Balaban J connectivity index is 2.63. The van der Waals surface area contributed by atoms with Crippen LogP contribution in [0, 0.1) is 19.8 Å². The standard InChI is InChI=1S/C15H29N3O2S/c1-6-21(19,20)10-9-18-14(5)15(13(4)17-18)7-8-16-11-12(2)3/h12,16H,6-11H2,1-5H3. The molecule has 0 fully saturated rings. The fraction of sp³-hybridized carbons (Fsp3) is 0.800. The number of aromatic nitrogens is 2. The summed E-state index contributed by atoms with van der Waals surface area (Å²) in [5.41, 5.74) is 3.33. The summed E-state index contributed by atoms with van der Waals surface area (Å²) in [5.74, 6) is 1.00. The van der Waals surface area contributed by atoms with Gasteiger partial charge in [0.05, 0.1) is 18.0 Å². The molecule has 0 aromatic carbocycles. The average Bonchev–Trinajstić information content (AvgIpc) is 2.68. The number of rotatable bonds is 9. The Labute approximate surface area is 129 Å². The van der Waals surface area contributed by atoms with Gasteiger partial charge in [-0.25, -0.2) is 8.42 Å². The average molecular weight is 315 g/mol. The number of nitrogens with one attached hydrogen (secondary N) is 1. The van der Waals surface area contributed by atoms with Crippen molar-refractivity contribution in [2.24, 2.45) is 5.92 Å². The molecule has 122 valence electrons. The smallest absolute Gasteiger partial charge is 0.151 e. The topological polar surface area (TPSA) is 64.0 Å². The van der Waals surface area contributed by atoms with Gasteiger partial charge in [0.25, 0.3) is 0 Å². The third kappa shape index (κ3) is 5.79. The van der Waals surface area contributed by atoms with Crippen molar-refractivity contribution in [3.8, 4) is 0 Å². The van der Waals surface area contributed by atoms with E-state index in [9.17, 15) is 8.42 Å². The Morgan fingerprint density at radius 3 is 2.52 bits per heavy atom. The summed E-state index contributed by atoms with van der Waals surface area (Å²) in [7, 11) is -2.94. The van der Waals surface area contributed by atoms with Gasteiger partial charge < -0.3 is 5.32 Å². The lowest BCUT2D eigenvalue weighted by Gasteiger charge is -2.08. The van der Waals surface area contributed by atoms with Crippen molar-refractivity contribution in [3.63, 3.8) is 0 Å². The monoisotopic (exact) mass is 315 g/mol. The number of sulfone groups is 1. The van der Waals surface area contributed by atoms with E-state index in [4.69, 9.17) is 0 Å². The molecule has 1 N–H and O–H groups in total. The maximum atomic E-state index is 11.6. The highest BCUT2D eigenvalue weighted by Crippen LogP contribution is 2.13. The summed E-state index contributed by atoms with van der Waals surface area (Å²) in [6.07, 6.45) is 0.935. The van der Waals surface area contributed by atoms with E-state index in [2.05, 4.69) is 24.3 Å². The Kier molecular flexibility index (Phi) is 6.87. The SMILES string of the molecule is CCS(=O)(=O)CCn1nc(C)c(CCNCC(C)C)c1C. The normalized spacial score (nSPS) is 12.3. The zero-order valence-electron chi connectivity index (χ0n) is 13.9. The highest BCUT2D eigenvalue weighted by Gasteiger charge is 2.14. The maximum absolute atomic E-state index is 11.6. The Bertz CT molecular complexity index is 548. The highest BCUT2D eigenvalue weighted by molar-refractivity contribution is 7.91. The Morgan fingerprint density at radius 2 is 1.95 bits per heavy atom. The first-order valence-electron chi connectivity index (χ1n) is 7.70. The third-order valence-electron chi connectivity index (χ3n) is 3.69. The minimum atomic E-state index is -2.94. The molecule has 0 amide bonds. The maximum Gasteiger partial charge on any atom is 0.151 e. The quantitative estimate of drug-likeness (QED) is 0.705. The second-order valence-corrected chi connectivity index (χ2v) is 8.43. The molecule has 0 spiro atoms. The molecule has 1 heterocycles. The summed E-state index contributed by atoms with van der Waals surface area (Å²) >= 11 is 0. The van der Waals surface area contributed by atoms with Crippen molar-refractivity contribution in [1.82, 2.24) is 15.1 Å². The van der Waals surface area contributed by atoms with Gasteiger partial charge in [0.2, 0.25) is 0 Å². The van der Waals surface area contributed by atoms with Crippen LogP contribution in [0.15, 0.2) is 0 Å². The van der Waals surface area contributed by atoms with Gasteiger partial charge in [-0.1, -0.05) is 20.8 Å². The van der Waals surface area contributed by atoms with E-state index in [1.54, 1.807) is 6.92 Å². The van der Waals surface area contributed by atoms with E-state index >= 15 is 0 Å². The van der Waals surface area contributed by atoms with E-state index in [1.165, 1.54) is 5.56 Å². The minimum Gasteiger partial charge on any atom is -0.316 e. The third-order valence-corrected chi connectivity index (χ3v) is 5.37. The van der Waals surface area contributed by atoms with Crippen molar-refractivity contribution in [3.05, 3.63) is 17.0 Å². The molecule has 1 rings (SSSR count). The van der Waals surface area contributed by atoms with Crippen molar-refractivity contribution in [1.29, 1.82) is 0 Å². The van der Waals surface area contributed by atoms with Gasteiger partial charge in [0, 0.05) is 11.4 Å². The summed E-state index contributed by atoms with van der Waals surface area (Å²) in [5, 5.41) is 7.92. The predicted octanol–water partition coefficient (Wildman–Crippen LogP) is 1.72. The van der Waals surface area contributed by atoms with Gasteiger partial charge in [-0.05, 0) is 44.8 Å². The summed E-state index contributed by atoms with van der Waals surface area (Å²) in [4.78, 5) is 0. The van der Waals surface area contributed by atoms with Gasteiger partial charge in [-0.15, -0.1) is 0 Å². The Morgan fingerprint density at radius 1 is 1.29 bits per heavy atom. The zero-order chi connectivity index (χ0) is 16.0. The van der Waals surface area contributed by atoms with Crippen molar-refractivity contribution in [2.45, 2.75) is 47.6 Å². The molecule has 0 unspecified atom stereocenters. The predicted molar refractivity (Wildman–Crippen MR) is 87.4 cm³/mol. The van der Waals surface area contributed by atoms with E-state index in [-0.39, 0.29) is 11.5 Å². The van der Waals surface area contributed by atoms with Crippen LogP contribution in [0.5, 0.6) is 0 Å². The highest BCUT2D eigenvalue weighted by atomic mass is 32.2. The molecule has 0 radical (unpaired) electrons. The van der Waals surface area contributed by atoms with Gasteiger partial charge in [-0.3, -0.25) is 4.68 Å². The summed E-state index contributed by atoms with van der Waals surface area (Å²) in [6.45, 7) is 12.5. The first kappa shape index (κ1) is 18.2. The van der Waals surface area contributed by atoms with E-state index in [1.807, 2.05) is 18.5 Å². The largest absolute Gasteiger partial charge is 0.316 e. The van der Waals surface area contributed by atoms with Crippen LogP contribution in [0.3, 0.4) is 0 Å². The molecule has 0 bridgehead atoms. The van der Waals surface area contributed by atoms with Crippen LogP contribution >= 0.6 is 0 Å². The number of hydrogen-bond donors (Lipinski definition) is 1. The Hall–Kier alpha value is -0.880. The fourth-order valence-electron chi connectivity index (χ4n) is 2.29. The molecule has 0 aliphatic heterocycles. The lowest BCUT2D eigenvalue weighted by Crippen LogP contribution is -2.22. The molecular weight excluding hydrogens is 286 g/mol.